The first-order chi connectivity index (χ1) is 14.6. The summed E-state index contributed by atoms with van der Waals surface area (Å²) in [6.07, 6.45) is 0.973. The second kappa shape index (κ2) is 11.4. The van der Waals surface area contributed by atoms with Crippen molar-refractivity contribution in [3.8, 4) is 0 Å². The summed E-state index contributed by atoms with van der Waals surface area (Å²) in [6, 6.07) is 14.8. The van der Waals surface area contributed by atoms with Crippen LogP contribution in [0.4, 0.5) is 10.1 Å². The molecular formula is C22H28FN5OS. The fourth-order valence-electron chi connectivity index (χ4n) is 3.09. The second-order valence-corrected chi connectivity index (χ2v) is 8.11. The smallest absolute Gasteiger partial charge is 0.239 e. The van der Waals surface area contributed by atoms with Crippen LogP contribution in [0.3, 0.4) is 0 Å². The maximum Gasteiger partial charge on any atom is 0.239 e. The summed E-state index contributed by atoms with van der Waals surface area (Å²) >= 11 is 1.72. The molecule has 3 N–H and O–H groups in total. The van der Waals surface area contributed by atoms with Crippen molar-refractivity contribution in [1.82, 2.24) is 16.0 Å². The van der Waals surface area contributed by atoms with E-state index < -0.39 is 0 Å². The number of rotatable bonds is 8. The standard InChI is InChI=1S/C22H28FN5OS/c1-24-22(26-11-2-14-30-20-9-5-18(23)6-10-20)27-15-17-3-7-19(8-4-17)28-13-12-25-21(29)16-28/h3-10H,2,11-16H2,1H3,(H,25,29)(H2,24,26,27). The van der Waals surface area contributed by atoms with E-state index >= 15 is 0 Å². The van der Waals surface area contributed by atoms with Gasteiger partial charge in [-0.15, -0.1) is 11.8 Å². The third-order valence-corrected chi connectivity index (χ3v) is 5.82. The van der Waals surface area contributed by atoms with E-state index in [2.05, 4.69) is 50.1 Å². The van der Waals surface area contributed by atoms with Gasteiger partial charge in [0.1, 0.15) is 5.82 Å². The Balaban J connectivity index is 1.35. The van der Waals surface area contributed by atoms with Crippen LogP contribution in [0, 0.1) is 5.82 Å². The lowest BCUT2D eigenvalue weighted by atomic mass is 10.2. The van der Waals surface area contributed by atoms with Crippen LogP contribution in [-0.4, -0.2) is 50.8 Å². The number of piperazine rings is 1. The molecule has 160 valence electrons. The van der Waals surface area contributed by atoms with E-state index in [4.69, 9.17) is 0 Å². The third-order valence-electron chi connectivity index (χ3n) is 4.72. The SMILES string of the molecule is CN=C(NCCCSc1ccc(F)cc1)NCc1ccc(N2CCNC(=O)C2)cc1. The van der Waals surface area contributed by atoms with Gasteiger partial charge < -0.3 is 20.9 Å². The Labute approximate surface area is 181 Å². The van der Waals surface area contributed by atoms with Gasteiger partial charge in [-0.25, -0.2) is 4.39 Å². The van der Waals surface area contributed by atoms with Gasteiger partial charge in [-0.3, -0.25) is 9.79 Å². The summed E-state index contributed by atoms with van der Waals surface area (Å²) in [4.78, 5) is 19.0. The molecule has 30 heavy (non-hydrogen) atoms. The van der Waals surface area contributed by atoms with Gasteiger partial charge in [-0.2, -0.15) is 0 Å². The molecule has 1 aliphatic heterocycles. The number of guanidine groups is 1. The fraction of sp³-hybridized carbons (Fsp3) is 0.364. The van der Waals surface area contributed by atoms with Crippen molar-refractivity contribution in [1.29, 1.82) is 0 Å². The van der Waals surface area contributed by atoms with E-state index in [1.807, 2.05) is 0 Å². The lowest BCUT2D eigenvalue weighted by Gasteiger charge is -2.28. The van der Waals surface area contributed by atoms with Crippen molar-refractivity contribution in [3.63, 3.8) is 0 Å². The van der Waals surface area contributed by atoms with Crippen LogP contribution >= 0.6 is 11.8 Å². The highest BCUT2D eigenvalue weighted by Gasteiger charge is 2.16. The van der Waals surface area contributed by atoms with E-state index in [1.165, 1.54) is 12.1 Å². The summed E-state index contributed by atoms with van der Waals surface area (Å²) in [5.41, 5.74) is 2.21. The van der Waals surface area contributed by atoms with Crippen molar-refractivity contribution in [2.75, 3.05) is 43.9 Å². The summed E-state index contributed by atoms with van der Waals surface area (Å²) in [5, 5.41) is 9.48. The predicted molar refractivity (Wildman–Crippen MR) is 122 cm³/mol. The lowest BCUT2D eigenvalue weighted by Crippen LogP contribution is -2.47. The maximum absolute atomic E-state index is 12.9. The molecule has 6 nitrogen and oxygen atoms in total. The van der Waals surface area contributed by atoms with Crippen molar-refractivity contribution >= 4 is 29.3 Å². The molecule has 1 aliphatic rings. The molecule has 0 spiro atoms. The molecule has 2 aromatic rings. The number of carbonyl (C=O) groups is 1. The molecule has 0 aliphatic carbocycles. The van der Waals surface area contributed by atoms with Crippen molar-refractivity contribution in [2.45, 2.75) is 17.9 Å². The second-order valence-electron chi connectivity index (χ2n) is 6.95. The monoisotopic (exact) mass is 429 g/mol. The van der Waals surface area contributed by atoms with E-state index in [0.29, 0.717) is 19.6 Å². The first-order valence-corrected chi connectivity index (χ1v) is 11.1. The predicted octanol–water partition coefficient (Wildman–Crippen LogP) is 2.61. The van der Waals surface area contributed by atoms with Gasteiger partial charge in [0.25, 0.3) is 0 Å². The van der Waals surface area contributed by atoms with Gasteiger partial charge in [-0.1, -0.05) is 12.1 Å². The fourth-order valence-corrected chi connectivity index (χ4v) is 3.94. The molecule has 0 atom stereocenters. The Kier molecular flexibility index (Phi) is 8.38. The summed E-state index contributed by atoms with van der Waals surface area (Å²) < 4.78 is 12.9. The largest absolute Gasteiger partial charge is 0.360 e. The average Bonchev–Trinajstić information content (AvgIpc) is 2.77. The number of nitrogens with one attached hydrogen (secondary N) is 3. The minimum Gasteiger partial charge on any atom is -0.360 e. The number of halogens is 1. The van der Waals surface area contributed by atoms with Crippen molar-refractivity contribution < 1.29 is 9.18 Å². The van der Waals surface area contributed by atoms with Gasteiger partial charge in [0, 0.05) is 43.8 Å². The molecule has 2 aromatic carbocycles. The highest BCUT2D eigenvalue weighted by molar-refractivity contribution is 7.99. The van der Waals surface area contributed by atoms with Crippen molar-refractivity contribution in [3.05, 3.63) is 59.9 Å². The van der Waals surface area contributed by atoms with Gasteiger partial charge in [0.15, 0.2) is 5.96 Å². The van der Waals surface area contributed by atoms with Crippen molar-refractivity contribution in [2.24, 2.45) is 4.99 Å². The topological polar surface area (TPSA) is 68.8 Å². The van der Waals surface area contributed by atoms with Crippen LogP contribution in [0.25, 0.3) is 0 Å². The number of benzene rings is 2. The summed E-state index contributed by atoms with van der Waals surface area (Å²) in [6.45, 7) is 3.41. The number of carbonyl (C=O) groups excluding carboxylic acids is 1. The number of aliphatic imine (C=N–C) groups is 1. The Morgan fingerprint density at radius 1 is 1.17 bits per heavy atom. The normalized spacial score (nSPS) is 14.4. The van der Waals surface area contributed by atoms with E-state index in [0.717, 1.165) is 47.4 Å². The Bertz CT molecular complexity index is 842. The zero-order valence-electron chi connectivity index (χ0n) is 17.2. The summed E-state index contributed by atoms with van der Waals surface area (Å²) in [7, 11) is 1.76. The van der Waals surface area contributed by atoms with Crippen LogP contribution in [0.5, 0.6) is 0 Å². The molecule has 3 rings (SSSR count). The van der Waals surface area contributed by atoms with E-state index in [-0.39, 0.29) is 11.7 Å². The van der Waals surface area contributed by atoms with E-state index in [9.17, 15) is 9.18 Å². The number of nitrogens with zero attached hydrogens (tertiary/aromatic N) is 2. The number of thioether (sulfide) groups is 1. The van der Waals surface area contributed by atoms with Gasteiger partial charge in [0.2, 0.25) is 5.91 Å². The average molecular weight is 430 g/mol. The molecule has 0 unspecified atom stereocenters. The van der Waals surface area contributed by atoms with Crippen LogP contribution in [0.2, 0.25) is 0 Å². The molecular weight excluding hydrogens is 401 g/mol. The molecule has 0 radical (unpaired) electrons. The lowest BCUT2D eigenvalue weighted by molar-refractivity contribution is -0.120. The zero-order valence-corrected chi connectivity index (χ0v) is 18.0. The molecule has 1 heterocycles. The molecule has 1 fully saturated rings. The Hall–Kier alpha value is -2.74. The quantitative estimate of drug-likeness (QED) is 0.261. The first kappa shape index (κ1) is 22.0. The van der Waals surface area contributed by atoms with Gasteiger partial charge in [0.05, 0.1) is 6.54 Å². The number of amides is 1. The minimum atomic E-state index is -0.204. The Morgan fingerprint density at radius 2 is 1.93 bits per heavy atom. The highest BCUT2D eigenvalue weighted by atomic mass is 32.2. The third kappa shape index (κ3) is 6.95. The molecule has 1 amide bonds. The summed E-state index contributed by atoms with van der Waals surface area (Å²) in [5.74, 6) is 1.58. The molecule has 8 heteroatoms. The van der Waals surface area contributed by atoms with E-state index in [1.54, 1.807) is 30.9 Å². The van der Waals surface area contributed by atoms with Crippen LogP contribution in [0.15, 0.2) is 58.4 Å². The molecule has 0 saturated carbocycles. The van der Waals surface area contributed by atoms with Crippen LogP contribution < -0.4 is 20.9 Å². The van der Waals surface area contributed by atoms with Crippen LogP contribution in [-0.2, 0) is 11.3 Å². The van der Waals surface area contributed by atoms with Gasteiger partial charge in [-0.05, 0) is 54.1 Å². The maximum atomic E-state index is 12.9. The number of hydrogen-bond donors (Lipinski definition) is 3. The zero-order chi connectivity index (χ0) is 21.2. The van der Waals surface area contributed by atoms with Gasteiger partial charge >= 0.3 is 0 Å². The minimum absolute atomic E-state index is 0.0675. The molecule has 0 bridgehead atoms. The number of hydrogen-bond acceptors (Lipinski definition) is 4. The Morgan fingerprint density at radius 3 is 2.63 bits per heavy atom. The number of anilines is 1. The molecule has 1 saturated heterocycles. The molecule has 0 aromatic heterocycles. The van der Waals surface area contributed by atoms with Crippen LogP contribution in [0.1, 0.15) is 12.0 Å². The highest BCUT2D eigenvalue weighted by Crippen LogP contribution is 2.18. The first-order valence-electron chi connectivity index (χ1n) is 10.1.